The molecule has 7 nitrogen and oxygen atoms in total. The third-order valence-electron chi connectivity index (χ3n) is 5.04. The molecule has 0 saturated heterocycles. The van der Waals surface area contributed by atoms with E-state index in [2.05, 4.69) is 14.8 Å². The van der Waals surface area contributed by atoms with Crippen LogP contribution in [0.15, 0.2) is 55.0 Å². The maximum Gasteiger partial charge on any atom is 0.330 e. The average molecular weight is 449 g/mol. The molecular weight excluding hydrogens is 428 g/mol. The second-order valence-electron chi connectivity index (χ2n) is 7.14. The van der Waals surface area contributed by atoms with Gasteiger partial charge >= 0.3 is 5.97 Å². The molecule has 0 spiro atoms. The number of esters is 1. The van der Waals surface area contributed by atoms with Crippen LogP contribution in [0.4, 0.5) is 0 Å². The number of methoxy groups -OCH3 is 1. The lowest BCUT2D eigenvalue weighted by molar-refractivity contribution is -0.134. The lowest BCUT2D eigenvalue weighted by Crippen LogP contribution is -2.02. The maximum absolute atomic E-state index is 11.5. The van der Waals surface area contributed by atoms with E-state index in [1.54, 1.807) is 24.7 Å². The van der Waals surface area contributed by atoms with E-state index in [0.29, 0.717) is 21.9 Å². The third-order valence-corrected chi connectivity index (χ3v) is 5.36. The van der Waals surface area contributed by atoms with Gasteiger partial charge in [-0.3, -0.25) is 9.67 Å². The number of benzene rings is 1. The number of carbonyl (C=O) groups is 1. The van der Waals surface area contributed by atoms with Crippen molar-refractivity contribution in [2.75, 3.05) is 7.11 Å². The van der Waals surface area contributed by atoms with E-state index < -0.39 is 5.97 Å². The zero-order chi connectivity index (χ0) is 22.7. The summed E-state index contributed by atoms with van der Waals surface area (Å²) in [6, 6.07) is 9.83. The minimum atomic E-state index is -0.465. The SMILES string of the molecule is COC(=O)C=Cc1cncc(Cl)c1COc1cccc2c(-c3ccnn3C)cc(C)nc12. The van der Waals surface area contributed by atoms with E-state index in [1.807, 2.05) is 49.0 Å². The highest BCUT2D eigenvalue weighted by Gasteiger charge is 2.14. The van der Waals surface area contributed by atoms with Crippen LogP contribution in [0.2, 0.25) is 5.02 Å². The van der Waals surface area contributed by atoms with Crippen molar-refractivity contribution in [2.45, 2.75) is 13.5 Å². The maximum atomic E-state index is 11.5. The summed E-state index contributed by atoms with van der Waals surface area (Å²) in [7, 11) is 3.23. The number of carbonyl (C=O) groups excluding carboxylic acids is 1. The van der Waals surface area contributed by atoms with Crippen LogP contribution < -0.4 is 4.74 Å². The van der Waals surface area contributed by atoms with Gasteiger partial charge in [-0.25, -0.2) is 9.78 Å². The Morgan fingerprint density at radius 1 is 1.25 bits per heavy atom. The van der Waals surface area contributed by atoms with Crippen LogP contribution in [0.25, 0.3) is 28.2 Å². The minimum Gasteiger partial charge on any atom is -0.487 e. The van der Waals surface area contributed by atoms with Crippen LogP contribution in [0, 0.1) is 6.92 Å². The molecule has 0 bridgehead atoms. The normalized spacial score (nSPS) is 11.2. The van der Waals surface area contributed by atoms with Gasteiger partial charge in [0.25, 0.3) is 0 Å². The van der Waals surface area contributed by atoms with Crippen LogP contribution in [0.5, 0.6) is 5.75 Å². The summed E-state index contributed by atoms with van der Waals surface area (Å²) in [5.41, 5.74) is 5.02. The lowest BCUT2D eigenvalue weighted by atomic mass is 10.0. The molecule has 4 aromatic rings. The Morgan fingerprint density at radius 3 is 2.84 bits per heavy atom. The number of fused-ring (bicyclic) bond motifs is 1. The molecule has 0 atom stereocenters. The largest absolute Gasteiger partial charge is 0.487 e. The highest BCUT2D eigenvalue weighted by atomic mass is 35.5. The first-order chi connectivity index (χ1) is 15.5. The zero-order valence-corrected chi connectivity index (χ0v) is 18.6. The summed E-state index contributed by atoms with van der Waals surface area (Å²) in [5.74, 6) is 0.165. The predicted molar refractivity (Wildman–Crippen MR) is 123 cm³/mol. The molecular formula is C24H21ClN4O3. The molecule has 1 aromatic carbocycles. The fourth-order valence-electron chi connectivity index (χ4n) is 3.47. The van der Waals surface area contributed by atoms with Gasteiger partial charge in [-0.2, -0.15) is 5.10 Å². The van der Waals surface area contributed by atoms with Crippen LogP contribution in [0.3, 0.4) is 0 Å². The first-order valence-corrected chi connectivity index (χ1v) is 10.3. The molecule has 0 aliphatic carbocycles. The third kappa shape index (κ3) is 4.33. The number of rotatable bonds is 6. The van der Waals surface area contributed by atoms with Crippen molar-refractivity contribution >= 4 is 34.5 Å². The molecule has 3 aromatic heterocycles. The van der Waals surface area contributed by atoms with Gasteiger partial charge in [0.15, 0.2) is 0 Å². The Bertz CT molecular complexity index is 1330. The first-order valence-electron chi connectivity index (χ1n) is 9.88. The Kier molecular flexibility index (Phi) is 6.18. The van der Waals surface area contributed by atoms with Gasteiger partial charge in [-0.1, -0.05) is 23.7 Å². The molecule has 0 aliphatic heterocycles. The number of halogens is 1. The van der Waals surface area contributed by atoms with Gasteiger partial charge in [-0.05, 0) is 31.2 Å². The van der Waals surface area contributed by atoms with Crippen LogP contribution in [0.1, 0.15) is 16.8 Å². The molecule has 0 fully saturated rings. The van der Waals surface area contributed by atoms with Gasteiger partial charge in [0, 0.05) is 59.5 Å². The second-order valence-corrected chi connectivity index (χ2v) is 7.55. The molecule has 32 heavy (non-hydrogen) atoms. The van der Waals surface area contributed by atoms with Crippen molar-refractivity contribution < 1.29 is 14.3 Å². The number of pyridine rings is 2. The molecule has 0 radical (unpaired) electrons. The Morgan fingerprint density at radius 2 is 2.09 bits per heavy atom. The fourth-order valence-corrected chi connectivity index (χ4v) is 3.69. The van der Waals surface area contributed by atoms with E-state index in [9.17, 15) is 4.79 Å². The van der Waals surface area contributed by atoms with Crippen molar-refractivity contribution in [3.8, 4) is 17.0 Å². The van der Waals surface area contributed by atoms with Crippen molar-refractivity contribution in [2.24, 2.45) is 7.05 Å². The predicted octanol–water partition coefficient (Wildman–Crippen LogP) is 4.76. The van der Waals surface area contributed by atoms with Crippen LogP contribution in [-0.2, 0) is 23.2 Å². The smallest absolute Gasteiger partial charge is 0.330 e. The summed E-state index contributed by atoms with van der Waals surface area (Å²) >= 11 is 6.38. The van der Waals surface area contributed by atoms with E-state index in [4.69, 9.17) is 21.3 Å². The standard InChI is InChI=1S/C24H21ClN4O3/c1-15-11-18(21-9-10-27-29(21)2)17-5-4-6-22(24(17)28-15)32-14-19-16(7-8-23(30)31-3)12-26-13-20(19)25/h4-13H,14H2,1-3H3. The van der Waals surface area contributed by atoms with Gasteiger partial charge in [0.1, 0.15) is 17.9 Å². The minimum absolute atomic E-state index is 0.179. The zero-order valence-electron chi connectivity index (χ0n) is 17.9. The molecule has 162 valence electrons. The first kappa shape index (κ1) is 21.5. The number of ether oxygens (including phenoxy) is 2. The molecule has 0 saturated carbocycles. The summed E-state index contributed by atoms with van der Waals surface area (Å²) in [5, 5.41) is 5.69. The van der Waals surface area contributed by atoms with Gasteiger partial charge in [0.2, 0.25) is 0 Å². The number of para-hydroxylation sites is 1. The second kappa shape index (κ2) is 9.20. The molecule has 0 unspecified atom stereocenters. The fraction of sp³-hybridized carbons (Fsp3) is 0.167. The van der Waals surface area contributed by atoms with Gasteiger partial charge in [-0.15, -0.1) is 0 Å². The highest BCUT2D eigenvalue weighted by molar-refractivity contribution is 6.31. The molecule has 8 heteroatoms. The number of nitrogens with zero attached hydrogens (tertiary/aromatic N) is 4. The van der Waals surface area contributed by atoms with Crippen molar-refractivity contribution in [3.05, 3.63) is 76.8 Å². The van der Waals surface area contributed by atoms with E-state index in [-0.39, 0.29) is 6.61 Å². The Labute approximate surface area is 190 Å². The molecule has 3 heterocycles. The number of aryl methyl sites for hydroxylation is 2. The summed E-state index contributed by atoms with van der Waals surface area (Å²) in [6.07, 6.45) is 7.86. The van der Waals surface area contributed by atoms with Crippen LogP contribution >= 0.6 is 11.6 Å². The quantitative estimate of drug-likeness (QED) is 0.312. The van der Waals surface area contributed by atoms with Crippen molar-refractivity contribution in [1.82, 2.24) is 19.7 Å². The number of hydrogen-bond donors (Lipinski definition) is 0. The molecule has 0 amide bonds. The van der Waals surface area contributed by atoms with E-state index >= 15 is 0 Å². The van der Waals surface area contributed by atoms with Crippen LogP contribution in [-0.4, -0.2) is 32.8 Å². The molecule has 0 N–H and O–H groups in total. The molecule has 0 aliphatic rings. The van der Waals surface area contributed by atoms with E-state index in [1.165, 1.54) is 13.2 Å². The number of aromatic nitrogens is 4. The topological polar surface area (TPSA) is 79.1 Å². The Hall–Kier alpha value is -3.71. The highest BCUT2D eigenvalue weighted by Crippen LogP contribution is 2.33. The lowest BCUT2D eigenvalue weighted by Gasteiger charge is -2.14. The summed E-state index contributed by atoms with van der Waals surface area (Å²) < 4.78 is 12.7. The number of hydrogen-bond acceptors (Lipinski definition) is 6. The van der Waals surface area contributed by atoms with Crippen molar-refractivity contribution in [3.63, 3.8) is 0 Å². The van der Waals surface area contributed by atoms with Gasteiger partial charge in [0.05, 0.1) is 17.8 Å². The Balaban J connectivity index is 1.72. The summed E-state index contributed by atoms with van der Waals surface area (Å²) in [6.45, 7) is 2.13. The van der Waals surface area contributed by atoms with Gasteiger partial charge < -0.3 is 9.47 Å². The van der Waals surface area contributed by atoms with Crippen molar-refractivity contribution in [1.29, 1.82) is 0 Å². The van der Waals surface area contributed by atoms with E-state index in [0.717, 1.165) is 27.9 Å². The average Bonchev–Trinajstić information content (AvgIpc) is 3.22. The molecule has 4 rings (SSSR count). The summed E-state index contributed by atoms with van der Waals surface area (Å²) in [4.78, 5) is 20.3. The monoisotopic (exact) mass is 448 g/mol.